The van der Waals surface area contributed by atoms with Crippen LogP contribution < -0.4 is 0 Å². The second kappa shape index (κ2) is 6.86. The van der Waals surface area contributed by atoms with E-state index in [4.69, 9.17) is 4.74 Å². The molecule has 0 radical (unpaired) electrons. The van der Waals surface area contributed by atoms with Gasteiger partial charge in [-0.3, -0.25) is 0 Å². The van der Waals surface area contributed by atoms with Gasteiger partial charge in [0.1, 0.15) is 0 Å². The highest BCUT2D eigenvalue weighted by atomic mass is 16.5. The summed E-state index contributed by atoms with van der Waals surface area (Å²) in [4.78, 5) is 11.1. The highest BCUT2D eigenvalue weighted by Crippen LogP contribution is 2.10. The van der Waals surface area contributed by atoms with Gasteiger partial charge in [0, 0.05) is 13.0 Å². The third kappa shape index (κ3) is 4.24. The van der Waals surface area contributed by atoms with E-state index in [1.54, 1.807) is 14.0 Å². The Labute approximate surface area is 78.8 Å². The number of ether oxygens (including phenoxy) is 2. The van der Waals surface area contributed by atoms with Gasteiger partial charge in [-0.15, -0.1) is 0 Å². The highest BCUT2D eigenvalue weighted by Gasteiger charge is 2.25. The van der Waals surface area contributed by atoms with Gasteiger partial charge in [-0.1, -0.05) is 6.92 Å². The largest absolute Gasteiger partial charge is 0.464 e. The van der Waals surface area contributed by atoms with Gasteiger partial charge < -0.3 is 14.6 Å². The lowest BCUT2D eigenvalue weighted by molar-refractivity contribution is -0.157. The van der Waals surface area contributed by atoms with E-state index >= 15 is 0 Å². The molecule has 0 amide bonds. The van der Waals surface area contributed by atoms with Gasteiger partial charge in [0.25, 0.3) is 0 Å². The maximum atomic E-state index is 11.1. The summed E-state index contributed by atoms with van der Waals surface area (Å²) in [5, 5.41) is 9.49. The first-order valence-electron chi connectivity index (χ1n) is 4.50. The molecule has 78 valence electrons. The van der Waals surface area contributed by atoms with Crippen LogP contribution in [0, 0.1) is 5.92 Å². The van der Waals surface area contributed by atoms with Gasteiger partial charge >= 0.3 is 5.97 Å². The van der Waals surface area contributed by atoms with Gasteiger partial charge in [0.2, 0.25) is 0 Å². The highest BCUT2D eigenvalue weighted by molar-refractivity contribution is 5.74. The van der Waals surface area contributed by atoms with Crippen LogP contribution in [0.15, 0.2) is 0 Å². The van der Waals surface area contributed by atoms with Crippen LogP contribution in [0.4, 0.5) is 0 Å². The lowest BCUT2D eigenvalue weighted by Crippen LogP contribution is -2.33. The van der Waals surface area contributed by atoms with Crippen molar-refractivity contribution in [2.45, 2.75) is 26.4 Å². The maximum absolute atomic E-state index is 11.1. The molecule has 0 rings (SSSR count). The fourth-order valence-electron chi connectivity index (χ4n) is 1.07. The van der Waals surface area contributed by atoms with Crippen molar-refractivity contribution in [1.29, 1.82) is 0 Å². The molecule has 4 nitrogen and oxygen atoms in total. The van der Waals surface area contributed by atoms with Crippen molar-refractivity contribution in [1.82, 2.24) is 0 Å². The first-order chi connectivity index (χ1) is 6.17. The summed E-state index contributed by atoms with van der Waals surface area (Å²) in [6.07, 6.45) is -0.377. The molecular weight excluding hydrogens is 172 g/mol. The molecule has 13 heavy (non-hydrogen) atoms. The molecule has 0 aromatic carbocycles. The van der Waals surface area contributed by atoms with Crippen LogP contribution >= 0.6 is 0 Å². The van der Waals surface area contributed by atoms with Crippen LogP contribution in [0.2, 0.25) is 0 Å². The van der Waals surface area contributed by atoms with Gasteiger partial charge in [-0.2, -0.15) is 0 Å². The number of aliphatic hydroxyl groups is 1. The fraction of sp³-hybridized carbons (Fsp3) is 0.889. The second-order valence-corrected chi connectivity index (χ2v) is 2.82. The number of hydrogen-bond acceptors (Lipinski definition) is 4. The van der Waals surface area contributed by atoms with Gasteiger partial charge in [0.15, 0.2) is 6.10 Å². The van der Waals surface area contributed by atoms with E-state index in [9.17, 15) is 9.90 Å². The van der Waals surface area contributed by atoms with Crippen LogP contribution in [0.3, 0.4) is 0 Å². The Hall–Kier alpha value is -0.610. The third-order valence-corrected chi connectivity index (χ3v) is 1.88. The minimum atomic E-state index is -1.06. The minimum absolute atomic E-state index is 0.177. The molecule has 2 atom stereocenters. The standard InChI is InChI=1S/C9H18O4/c1-4-7(6-12-3)8(10)9(11)13-5-2/h7-8,10H,4-6H2,1-3H3. The molecular formula is C9H18O4. The third-order valence-electron chi connectivity index (χ3n) is 1.88. The fourth-order valence-corrected chi connectivity index (χ4v) is 1.07. The molecule has 0 fully saturated rings. The van der Waals surface area contributed by atoms with Crippen LogP contribution in [-0.4, -0.2) is 37.5 Å². The number of esters is 1. The molecule has 0 bridgehead atoms. The molecule has 0 aromatic rings. The lowest BCUT2D eigenvalue weighted by atomic mass is 10.0. The van der Waals surface area contributed by atoms with Gasteiger partial charge in [-0.25, -0.2) is 4.79 Å². The lowest BCUT2D eigenvalue weighted by Gasteiger charge is -2.18. The number of hydrogen-bond donors (Lipinski definition) is 1. The van der Waals surface area contributed by atoms with E-state index in [0.29, 0.717) is 19.6 Å². The number of rotatable bonds is 6. The maximum Gasteiger partial charge on any atom is 0.335 e. The zero-order valence-electron chi connectivity index (χ0n) is 8.45. The van der Waals surface area contributed by atoms with Crippen LogP contribution in [0.5, 0.6) is 0 Å². The number of methoxy groups -OCH3 is 1. The van der Waals surface area contributed by atoms with E-state index in [1.165, 1.54) is 0 Å². The molecule has 2 unspecified atom stereocenters. The van der Waals surface area contributed by atoms with Crippen LogP contribution in [-0.2, 0) is 14.3 Å². The normalized spacial score (nSPS) is 15.1. The number of carbonyl (C=O) groups is 1. The van der Waals surface area contributed by atoms with Crippen LogP contribution in [0.1, 0.15) is 20.3 Å². The molecule has 0 aliphatic carbocycles. The second-order valence-electron chi connectivity index (χ2n) is 2.82. The first-order valence-corrected chi connectivity index (χ1v) is 4.50. The topological polar surface area (TPSA) is 55.8 Å². The Kier molecular flexibility index (Phi) is 6.54. The molecule has 0 saturated heterocycles. The van der Waals surface area contributed by atoms with Crippen molar-refractivity contribution in [3.63, 3.8) is 0 Å². The predicted octanol–water partition coefficient (Wildman–Crippen LogP) is 0.583. The molecule has 0 heterocycles. The van der Waals surface area contributed by atoms with Crippen molar-refractivity contribution in [3.05, 3.63) is 0 Å². The van der Waals surface area contributed by atoms with E-state index in [1.807, 2.05) is 6.92 Å². The summed E-state index contributed by atoms with van der Waals surface area (Å²) in [6.45, 7) is 4.27. The quantitative estimate of drug-likeness (QED) is 0.622. The SMILES string of the molecule is CCOC(=O)C(O)C(CC)COC. The summed E-state index contributed by atoms with van der Waals surface area (Å²) in [7, 11) is 1.54. The molecule has 0 spiro atoms. The molecule has 0 aromatic heterocycles. The molecule has 1 N–H and O–H groups in total. The minimum Gasteiger partial charge on any atom is -0.464 e. The Morgan fingerprint density at radius 2 is 2.08 bits per heavy atom. The summed E-state index contributed by atoms with van der Waals surface area (Å²) in [5.41, 5.74) is 0. The van der Waals surface area contributed by atoms with E-state index < -0.39 is 12.1 Å². The van der Waals surface area contributed by atoms with Gasteiger partial charge in [-0.05, 0) is 13.3 Å². The monoisotopic (exact) mass is 190 g/mol. The summed E-state index contributed by atoms with van der Waals surface area (Å²) in [6, 6.07) is 0. The molecule has 4 heteroatoms. The summed E-state index contributed by atoms with van der Waals surface area (Å²) >= 11 is 0. The van der Waals surface area contributed by atoms with Crippen molar-refractivity contribution < 1.29 is 19.4 Å². The molecule has 0 aliphatic heterocycles. The number of aliphatic hydroxyl groups excluding tert-OH is 1. The first kappa shape index (κ1) is 12.4. The Bertz CT molecular complexity index is 147. The van der Waals surface area contributed by atoms with Crippen molar-refractivity contribution in [2.75, 3.05) is 20.3 Å². The zero-order chi connectivity index (χ0) is 10.3. The van der Waals surface area contributed by atoms with Crippen molar-refractivity contribution >= 4 is 5.97 Å². The van der Waals surface area contributed by atoms with Crippen molar-refractivity contribution in [3.8, 4) is 0 Å². The summed E-state index contributed by atoms with van der Waals surface area (Å²) < 4.78 is 9.56. The van der Waals surface area contributed by atoms with Gasteiger partial charge in [0.05, 0.1) is 13.2 Å². The summed E-state index contributed by atoms with van der Waals surface area (Å²) in [5.74, 6) is -0.740. The average molecular weight is 190 g/mol. The average Bonchev–Trinajstić information content (AvgIpc) is 2.13. The number of carbonyl (C=O) groups excluding carboxylic acids is 1. The van der Waals surface area contributed by atoms with E-state index in [-0.39, 0.29) is 5.92 Å². The molecule has 0 saturated carbocycles. The van der Waals surface area contributed by atoms with E-state index in [2.05, 4.69) is 4.74 Å². The Morgan fingerprint density at radius 1 is 1.46 bits per heavy atom. The van der Waals surface area contributed by atoms with E-state index in [0.717, 1.165) is 0 Å². The zero-order valence-corrected chi connectivity index (χ0v) is 8.45. The predicted molar refractivity (Wildman–Crippen MR) is 48.3 cm³/mol. The van der Waals surface area contributed by atoms with Crippen LogP contribution in [0.25, 0.3) is 0 Å². The van der Waals surface area contributed by atoms with Crippen molar-refractivity contribution in [2.24, 2.45) is 5.92 Å². The smallest absolute Gasteiger partial charge is 0.335 e. The molecule has 0 aliphatic rings. The Morgan fingerprint density at radius 3 is 2.46 bits per heavy atom. The Balaban J connectivity index is 4.02.